The number of aromatic nitrogens is 3. The lowest BCUT2D eigenvalue weighted by atomic mass is 9.78. The van der Waals surface area contributed by atoms with Crippen LogP contribution >= 0.6 is 0 Å². The maximum atomic E-state index is 13.3. The summed E-state index contributed by atoms with van der Waals surface area (Å²) in [5, 5.41) is 9.43. The zero-order valence-electron chi connectivity index (χ0n) is 17.9. The largest absolute Gasteiger partial charge is 0.367 e. The average Bonchev–Trinajstić information content (AvgIpc) is 3.19. The first-order valence-corrected chi connectivity index (χ1v) is 11.2. The number of carbonyl (C=O) groups excluding carboxylic acids is 1. The fourth-order valence-corrected chi connectivity index (χ4v) is 5.34. The van der Waals surface area contributed by atoms with Crippen LogP contribution in [0.5, 0.6) is 0 Å². The molecule has 1 atom stereocenters. The van der Waals surface area contributed by atoms with Gasteiger partial charge in [0.1, 0.15) is 5.82 Å². The van der Waals surface area contributed by atoms with Crippen molar-refractivity contribution in [1.29, 1.82) is 0 Å². The molecule has 5 nitrogen and oxygen atoms in total. The minimum atomic E-state index is -0.0875. The molecule has 1 aromatic carbocycles. The van der Waals surface area contributed by atoms with Gasteiger partial charge in [0.05, 0.1) is 22.8 Å². The first kappa shape index (κ1) is 19.3. The molecule has 0 spiro atoms. The molecule has 3 heterocycles. The van der Waals surface area contributed by atoms with E-state index in [1.165, 1.54) is 32.1 Å². The second kappa shape index (κ2) is 7.53. The summed E-state index contributed by atoms with van der Waals surface area (Å²) in [7, 11) is 0. The van der Waals surface area contributed by atoms with E-state index in [1.54, 1.807) is 12.4 Å². The molecule has 5 rings (SSSR count). The predicted molar refractivity (Wildman–Crippen MR) is 120 cm³/mol. The maximum absolute atomic E-state index is 13.3. The highest BCUT2D eigenvalue weighted by Gasteiger charge is 2.39. The van der Waals surface area contributed by atoms with Gasteiger partial charge >= 0.3 is 0 Å². The third kappa shape index (κ3) is 3.51. The fraction of sp³-hybridized carbons (Fsp3) is 0.480. The molecule has 1 unspecified atom stereocenters. The van der Waals surface area contributed by atoms with Crippen LogP contribution in [0.3, 0.4) is 0 Å². The second-order valence-electron chi connectivity index (χ2n) is 9.61. The highest BCUT2D eigenvalue weighted by Crippen LogP contribution is 2.40. The lowest BCUT2D eigenvalue weighted by molar-refractivity contribution is 0.0993. The number of nitrogens with one attached hydrogen (secondary N) is 1. The molecule has 0 amide bonds. The number of rotatable bonds is 4. The van der Waals surface area contributed by atoms with Gasteiger partial charge in [-0.1, -0.05) is 31.4 Å². The zero-order chi connectivity index (χ0) is 20.7. The van der Waals surface area contributed by atoms with Gasteiger partial charge in [-0.05, 0) is 62.8 Å². The Morgan fingerprint density at radius 3 is 2.87 bits per heavy atom. The van der Waals surface area contributed by atoms with E-state index >= 15 is 0 Å². The van der Waals surface area contributed by atoms with Gasteiger partial charge in [-0.25, -0.2) is 4.68 Å². The van der Waals surface area contributed by atoms with Crippen LogP contribution in [0.15, 0.2) is 42.7 Å². The van der Waals surface area contributed by atoms with Gasteiger partial charge in [0.25, 0.3) is 0 Å². The molecule has 0 bridgehead atoms. The van der Waals surface area contributed by atoms with E-state index in [4.69, 9.17) is 0 Å². The predicted octanol–water partition coefficient (Wildman–Crippen LogP) is 5.36. The SMILES string of the molecule is CC1(C)CC(C2CCCCC2)Nc2c(C(=O)Cc3ccc4ncccc4c3)cnn21. The summed E-state index contributed by atoms with van der Waals surface area (Å²) in [6.45, 7) is 4.48. The number of anilines is 1. The van der Waals surface area contributed by atoms with Crippen LogP contribution in [0.2, 0.25) is 0 Å². The van der Waals surface area contributed by atoms with Crippen LogP contribution in [0, 0.1) is 5.92 Å². The molecule has 3 aromatic rings. The molecule has 0 saturated heterocycles. The van der Waals surface area contributed by atoms with Crippen molar-refractivity contribution in [2.75, 3.05) is 5.32 Å². The maximum Gasteiger partial charge on any atom is 0.172 e. The van der Waals surface area contributed by atoms with Crippen LogP contribution in [0.4, 0.5) is 5.82 Å². The average molecular weight is 403 g/mol. The van der Waals surface area contributed by atoms with Gasteiger partial charge in [-0.2, -0.15) is 5.10 Å². The summed E-state index contributed by atoms with van der Waals surface area (Å²) >= 11 is 0. The van der Waals surface area contributed by atoms with Crippen molar-refractivity contribution < 1.29 is 4.79 Å². The molecule has 5 heteroatoms. The monoisotopic (exact) mass is 402 g/mol. The van der Waals surface area contributed by atoms with Gasteiger partial charge in [0.15, 0.2) is 5.78 Å². The molecule has 1 aliphatic heterocycles. The first-order valence-electron chi connectivity index (χ1n) is 11.2. The normalized spacial score (nSPS) is 21.2. The zero-order valence-corrected chi connectivity index (χ0v) is 17.9. The number of Topliss-reactive ketones (excluding diaryl/α,β-unsaturated/α-hetero) is 1. The standard InChI is InChI=1S/C25H30N4O/c1-25(2)15-22(18-7-4-3-5-8-18)28-24-20(16-27-29(24)25)23(30)14-17-10-11-21-19(13-17)9-6-12-26-21/h6,9-13,16,18,22,28H,3-5,7-8,14-15H2,1-2H3. The van der Waals surface area contributed by atoms with Crippen LogP contribution in [0.1, 0.15) is 68.3 Å². The summed E-state index contributed by atoms with van der Waals surface area (Å²) < 4.78 is 2.03. The molecule has 0 radical (unpaired) electrons. The summed E-state index contributed by atoms with van der Waals surface area (Å²) in [4.78, 5) is 17.6. The Balaban J connectivity index is 1.41. The third-order valence-corrected chi connectivity index (χ3v) is 6.94. The van der Waals surface area contributed by atoms with E-state index in [0.717, 1.165) is 34.3 Å². The summed E-state index contributed by atoms with van der Waals surface area (Å²) in [6, 6.07) is 10.5. The summed E-state index contributed by atoms with van der Waals surface area (Å²) in [5.41, 5.74) is 2.60. The van der Waals surface area contributed by atoms with Crippen LogP contribution in [-0.2, 0) is 12.0 Å². The molecule has 30 heavy (non-hydrogen) atoms. The number of carbonyl (C=O) groups is 1. The van der Waals surface area contributed by atoms with Crippen molar-refractivity contribution in [2.24, 2.45) is 5.92 Å². The number of ketones is 1. The molecule has 2 aliphatic rings. The Morgan fingerprint density at radius 1 is 1.20 bits per heavy atom. The Labute approximate surface area is 177 Å². The minimum absolute atomic E-state index is 0.0875. The Kier molecular flexibility index (Phi) is 4.84. The number of pyridine rings is 1. The molecule has 1 fully saturated rings. The molecule has 1 saturated carbocycles. The number of hydrogen-bond donors (Lipinski definition) is 1. The molecule has 1 N–H and O–H groups in total. The Morgan fingerprint density at radius 2 is 2.03 bits per heavy atom. The van der Waals surface area contributed by atoms with Gasteiger partial charge in [-0.15, -0.1) is 0 Å². The number of hydrogen-bond acceptors (Lipinski definition) is 4. The van der Waals surface area contributed by atoms with Gasteiger partial charge in [0, 0.05) is 24.0 Å². The van der Waals surface area contributed by atoms with Crippen LogP contribution < -0.4 is 5.32 Å². The van der Waals surface area contributed by atoms with Gasteiger partial charge < -0.3 is 5.32 Å². The van der Waals surface area contributed by atoms with Gasteiger partial charge in [-0.3, -0.25) is 9.78 Å². The lowest BCUT2D eigenvalue weighted by Crippen LogP contribution is -2.45. The van der Waals surface area contributed by atoms with Crippen molar-refractivity contribution in [3.63, 3.8) is 0 Å². The summed E-state index contributed by atoms with van der Waals surface area (Å²) in [5.74, 6) is 1.72. The fourth-order valence-electron chi connectivity index (χ4n) is 5.34. The van der Waals surface area contributed by atoms with E-state index in [-0.39, 0.29) is 11.3 Å². The number of fused-ring (bicyclic) bond motifs is 2. The van der Waals surface area contributed by atoms with Crippen molar-refractivity contribution in [2.45, 2.75) is 70.4 Å². The lowest BCUT2D eigenvalue weighted by Gasteiger charge is -2.42. The van der Waals surface area contributed by atoms with Crippen molar-refractivity contribution in [1.82, 2.24) is 14.8 Å². The Bertz CT molecular complexity index is 1080. The van der Waals surface area contributed by atoms with Crippen molar-refractivity contribution >= 4 is 22.5 Å². The molecular weight excluding hydrogens is 372 g/mol. The number of nitrogens with zero attached hydrogens (tertiary/aromatic N) is 3. The van der Waals surface area contributed by atoms with Crippen molar-refractivity contribution in [3.05, 3.63) is 53.9 Å². The minimum Gasteiger partial charge on any atom is -0.367 e. The van der Waals surface area contributed by atoms with E-state index < -0.39 is 0 Å². The van der Waals surface area contributed by atoms with E-state index in [9.17, 15) is 4.79 Å². The quantitative estimate of drug-likeness (QED) is 0.597. The second-order valence-corrected chi connectivity index (χ2v) is 9.61. The van der Waals surface area contributed by atoms with Crippen molar-refractivity contribution in [3.8, 4) is 0 Å². The molecular formula is C25H30N4O. The van der Waals surface area contributed by atoms with Crippen LogP contribution in [0.25, 0.3) is 10.9 Å². The Hall–Kier alpha value is -2.69. The molecule has 1 aliphatic carbocycles. The highest BCUT2D eigenvalue weighted by atomic mass is 16.1. The van der Waals surface area contributed by atoms with Crippen LogP contribution in [-0.4, -0.2) is 26.6 Å². The van der Waals surface area contributed by atoms with E-state index in [2.05, 4.69) is 35.3 Å². The summed E-state index contributed by atoms with van der Waals surface area (Å²) in [6.07, 6.45) is 11.6. The van der Waals surface area contributed by atoms with E-state index in [1.807, 2.05) is 28.9 Å². The highest BCUT2D eigenvalue weighted by molar-refractivity contribution is 6.02. The molecule has 156 valence electrons. The first-order chi connectivity index (χ1) is 14.5. The smallest absolute Gasteiger partial charge is 0.172 e. The molecule has 2 aromatic heterocycles. The van der Waals surface area contributed by atoms with E-state index in [0.29, 0.717) is 18.4 Å². The van der Waals surface area contributed by atoms with Gasteiger partial charge in [0.2, 0.25) is 0 Å². The number of benzene rings is 1. The third-order valence-electron chi connectivity index (χ3n) is 6.94. The topological polar surface area (TPSA) is 59.8 Å².